The van der Waals surface area contributed by atoms with Crippen molar-refractivity contribution in [2.75, 3.05) is 6.61 Å². The van der Waals surface area contributed by atoms with Crippen molar-refractivity contribution in [1.29, 1.82) is 0 Å². The number of aliphatic hydroxyl groups is 2. The first kappa shape index (κ1) is 24.9. The van der Waals surface area contributed by atoms with Gasteiger partial charge in [-0.3, -0.25) is 4.79 Å². The summed E-state index contributed by atoms with van der Waals surface area (Å²) in [6.45, 7) is 7.62. The van der Waals surface area contributed by atoms with Gasteiger partial charge in [0.05, 0.1) is 24.7 Å². The summed E-state index contributed by atoms with van der Waals surface area (Å²) in [6.07, 6.45) is 8.33. The quantitative estimate of drug-likeness (QED) is 0.365. The van der Waals surface area contributed by atoms with E-state index in [2.05, 4.69) is 0 Å². The van der Waals surface area contributed by atoms with Crippen molar-refractivity contribution in [2.45, 2.75) is 71.2 Å². The lowest BCUT2D eigenvalue weighted by Gasteiger charge is -2.27. The number of cyclic esters (lactones) is 1. The van der Waals surface area contributed by atoms with Gasteiger partial charge in [-0.05, 0) is 38.7 Å². The molecule has 1 aliphatic rings. The molecule has 0 fully saturated rings. The highest BCUT2D eigenvalue weighted by molar-refractivity contribution is 5.70. The van der Waals surface area contributed by atoms with E-state index >= 15 is 0 Å². The van der Waals surface area contributed by atoms with Gasteiger partial charge in [-0.2, -0.15) is 0 Å². The van der Waals surface area contributed by atoms with Crippen LogP contribution in [0.15, 0.2) is 36.0 Å². The van der Waals surface area contributed by atoms with Crippen LogP contribution in [-0.2, 0) is 14.3 Å². The van der Waals surface area contributed by atoms with Crippen LogP contribution >= 0.6 is 0 Å². The van der Waals surface area contributed by atoms with Gasteiger partial charge < -0.3 is 25.4 Å². The Kier molecular flexibility index (Phi) is 10.1. The number of aliphatic hydroxyl groups excluding tert-OH is 1. The van der Waals surface area contributed by atoms with Crippen LogP contribution < -0.4 is 5.73 Å². The largest absolute Gasteiger partial charge is 0.457 e. The molecule has 4 N–H and O–H groups in total. The highest BCUT2D eigenvalue weighted by atomic mass is 16.5. The van der Waals surface area contributed by atoms with E-state index in [0.717, 1.165) is 5.57 Å². The number of primary amides is 1. The van der Waals surface area contributed by atoms with E-state index in [1.165, 1.54) is 0 Å². The van der Waals surface area contributed by atoms with Gasteiger partial charge in [0.1, 0.15) is 6.10 Å². The van der Waals surface area contributed by atoms with E-state index in [9.17, 15) is 19.8 Å². The molecule has 0 aromatic heterocycles. The molecule has 7 nitrogen and oxygen atoms in total. The first-order valence-electron chi connectivity index (χ1n) is 10.0. The highest BCUT2D eigenvalue weighted by Gasteiger charge is 2.26. The number of allylic oxidation sites excluding steroid dienone is 2. The molecule has 0 saturated heterocycles. The fraction of sp³-hybridized carbons (Fsp3) is 0.636. The molecule has 0 aromatic rings. The van der Waals surface area contributed by atoms with Crippen molar-refractivity contribution in [3.8, 4) is 0 Å². The van der Waals surface area contributed by atoms with Gasteiger partial charge in [0, 0.05) is 11.8 Å². The Balaban J connectivity index is 2.92. The number of carbonyl (C=O) groups is 2. The monoisotopic (exact) mass is 409 g/mol. The molecule has 1 amide bonds. The predicted molar refractivity (Wildman–Crippen MR) is 111 cm³/mol. The number of amides is 1. The standard InChI is InChI=1S/C22H35NO6/c1-15(14-28-21(23)26)7-5-8-16(2)20-17(3)9-6-11-22(4,27)12-10-18(24)13-19(25)29-20/h5-9,15,17-18,20,24,27H,10-14H2,1-4H3,(H2,23,26)/b7-5+,9-6+,16-8+/t15-,17+,18+,20-,22+/m1/s1. The Morgan fingerprint density at radius 2 is 2.21 bits per heavy atom. The zero-order valence-corrected chi connectivity index (χ0v) is 17.8. The van der Waals surface area contributed by atoms with E-state index < -0.39 is 29.9 Å². The molecule has 5 atom stereocenters. The Morgan fingerprint density at radius 1 is 1.52 bits per heavy atom. The van der Waals surface area contributed by atoms with Crippen LogP contribution in [0.2, 0.25) is 0 Å². The van der Waals surface area contributed by atoms with Crippen LogP contribution in [0.25, 0.3) is 0 Å². The summed E-state index contributed by atoms with van der Waals surface area (Å²) in [6, 6.07) is 0. The Hall–Kier alpha value is -2.12. The third kappa shape index (κ3) is 10.3. The maximum atomic E-state index is 12.3. The van der Waals surface area contributed by atoms with E-state index in [1.54, 1.807) is 6.92 Å². The molecule has 0 unspecified atom stereocenters. The van der Waals surface area contributed by atoms with Crippen LogP contribution in [0.1, 0.15) is 53.4 Å². The van der Waals surface area contributed by atoms with Gasteiger partial charge in [0.25, 0.3) is 0 Å². The Labute approximate surface area is 173 Å². The molecule has 164 valence electrons. The van der Waals surface area contributed by atoms with Gasteiger partial charge in [0.2, 0.25) is 0 Å². The van der Waals surface area contributed by atoms with E-state index in [1.807, 2.05) is 51.2 Å². The van der Waals surface area contributed by atoms with Crippen molar-refractivity contribution in [1.82, 2.24) is 0 Å². The highest BCUT2D eigenvalue weighted by Crippen LogP contribution is 2.24. The van der Waals surface area contributed by atoms with E-state index in [0.29, 0.717) is 19.3 Å². The minimum absolute atomic E-state index is 0.0138. The minimum atomic E-state index is -0.924. The molecule has 0 spiro atoms. The molecule has 1 rings (SSSR count). The van der Waals surface area contributed by atoms with Gasteiger partial charge in [-0.1, -0.05) is 44.2 Å². The average molecular weight is 410 g/mol. The topological polar surface area (TPSA) is 119 Å². The minimum Gasteiger partial charge on any atom is -0.457 e. The summed E-state index contributed by atoms with van der Waals surface area (Å²) in [5, 5.41) is 20.5. The second-order valence-corrected chi connectivity index (χ2v) is 8.20. The van der Waals surface area contributed by atoms with Crippen molar-refractivity contribution in [3.63, 3.8) is 0 Å². The smallest absolute Gasteiger partial charge is 0.404 e. The van der Waals surface area contributed by atoms with Crippen LogP contribution in [0.5, 0.6) is 0 Å². The van der Waals surface area contributed by atoms with E-state index in [4.69, 9.17) is 15.2 Å². The molecule has 1 heterocycles. The zero-order valence-electron chi connectivity index (χ0n) is 17.8. The molecule has 29 heavy (non-hydrogen) atoms. The lowest BCUT2D eigenvalue weighted by Crippen LogP contribution is -2.30. The van der Waals surface area contributed by atoms with Crippen molar-refractivity contribution in [3.05, 3.63) is 36.0 Å². The number of rotatable bonds is 5. The molecular formula is C22H35NO6. The van der Waals surface area contributed by atoms with Crippen LogP contribution in [0.3, 0.4) is 0 Å². The normalized spacial score (nSPS) is 32.0. The van der Waals surface area contributed by atoms with Gasteiger partial charge in [-0.15, -0.1) is 0 Å². The zero-order chi connectivity index (χ0) is 22.0. The van der Waals surface area contributed by atoms with Crippen molar-refractivity contribution in [2.24, 2.45) is 17.6 Å². The summed E-state index contributed by atoms with van der Waals surface area (Å²) in [5.41, 5.74) is 4.87. The Bertz CT molecular complexity index is 637. The number of carbonyl (C=O) groups excluding carboxylic acids is 2. The maximum absolute atomic E-state index is 12.3. The summed E-state index contributed by atoms with van der Waals surface area (Å²) in [5.74, 6) is -0.588. The average Bonchev–Trinajstić information content (AvgIpc) is 2.61. The summed E-state index contributed by atoms with van der Waals surface area (Å²) in [4.78, 5) is 22.9. The van der Waals surface area contributed by atoms with Gasteiger partial charge in [0.15, 0.2) is 0 Å². The summed E-state index contributed by atoms with van der Waals surface area (Å²) in [7, 11) is 0. The van der Waals surface area contributed by atoms with Crippen LogP contribution in [-0.4, -0.2) is 46.7 Å². The molecule has 0 bridgehead atoms. The maximum Gasteiger partial charge on any atom is 0.404 e. The second-order valence-electron chi connectivity index (χ2n) is 8.20. The summed E-state index contributed by atoms with van der Waals surface area (Å²) < 4.78 is 10.4. The Morgan fingerprint density at radius 3 is 2.86 bits per heavy atom. The molecule has 0 aromatic carbocycles. The number of hydrogen-bond acceptors (Lipinski definition) is 6. The van der Waals surface area contributed by atoms with Gasteiger partial charge >= 0.3 is 12.1 Å². The van der Waals surface area contributed by atoms with Crippen LogP contribution in [0.4, 0.5) is 4.79 Å². The third-order valence-electron chi connectivity index (χ3n) is 4.89. The van der Waals surface area contributed by atoms with E-state index in [-0.39, 0.29) is 24.9 Å². The molecule has 7 heteroatoms. The van der Waals surface area contributed by atoms with Gasteiger partial charge in [-0.25, -0.2) is 4.79 Å². The number of ether oxygens (including phenoxy) is 2. The number of esters is 1. The third-order valence-corrected chi connectivity index (χ3v) is 4.89. The molecule has 0 radical (unpaired) electrons. The second kappa shape index (κ2) is 11.8. The number of nitrogens with two attached hydrogens (primary N) is 1. The van der Waals surface area contributed by atoms with Crippen LogP contribution in [0, 0.1) is 11.8 Å². The lowest BCUT2D eigenvalue weighted by atomic mass is 9.91. The SMILES string of the molecule is C/C(=C\C=C\[C@@H](C)COC(N)=O)[C@H]1OC(=O)C[C@@H](O)CC[C@@](C)(O)C/C=C/[C@@H]1C. The first-order valence-corrected chi connectivity index (χ1v) is 10.0. The first-order chi connectivity index (χ1) is 13.5. The lowest BCUT2D eigenvalue weighted by molar-refractivity contribution is -0.151. The fourth-order valence-electron chi connectivity index (χ4n) is 3.08. The fourth-order valence-corrected chi connectivity index (χ4v) is 3.08. The van der Waals surface area contributed by atoms with Crippen molar-refractivity contribution < 1.29 is 29.3 Å². The predicted octanol–water partition coefficient (Wildman–Crippen LogP) is 3.01. The molecular weight excluding hydrogens is 374 g/mol. The van der Waals surface area contributed by atoms with Crippen molar-refractivity contribution >= 4 is 12.1 Å². The number of hydrogen-bond donors (Lipinski definition) is 3. The summed E-state index contributed by atoms with van der Waals surface area (Å²) >= 11 is 0. The molecule has 1 aliphatic heterocycles. The molecule has 0 aliphatic carbocycles. The molecule has 0 saturated carbocycles.